The molecule has 3 N–H and O–H groups in total. The minimum Gasteiger partial charge on any atom is -0.497 e. The van der Waals surface area contributed by atoms with E-state index in [4.69, 9.17) is 4.74 Å². The summed E-state index contributed by atoms with van der Waals surface area (Å²) in [6.45, 7) is 1.73. The zero-order valence-electron chi connectivity index (χ0n) is 15.9. The van der Waals surface area contributed by atoms with Crippen LogP contribution in [0.1, 0.15) is 5.56 Å². The Balaban J connectivity index is 1.90. The van der Waals surface area contributed by atoms with Gasteiger partial charge in [0.2, 0.25) is 0 Å². The van der Waals surface area contributed by atoms with Gasteiger partial charge in [-0.3, -0.25) is 19.7 Å². The maximum absolute atomic E-state index is 12.3. The number of ether oxygens (including phenoxy) is 1. The van der Waals surface area contributed by atoms with Gasteiger partial charge >= 0.3 is 0 Å². The lowest BCUT2D eigenvalue weighted by Gasteiger charge is -2.14. The van der Waals surface area contributed by atoms with Crippen LogP contribution in [0.5, 0.6) is 5.75 Å². The van der Waals surface area contributed by atoms with Crippen molar-refractivity contribution in [3.8, 4) is 5.75 Å². The number of likely N-dealkylation sites (N-methyl/N-ethyl adjacent to an activating group) is 1. The summed E-state index contributed by atoms with van der Waals surface area (Å²) >= 11 is 0. The van der Waals surface area contributed by atoms with Crippen LogP contribution in [0.2, 0.25) is 0 Å². The lowest BCUT2D eigenvalue weighted by Crippen LogP contribution is -3.11. The van der Waals surface area contributed by atoms with Gasteiger partial charge in [0.05, 0.1) is 19.1 Å². The Morgan fingerprint density at radius 3 is 2.25 bits per heavy atom. The Hall–Kier alpha value is -3.46. The van der Waals surface area contributed by atoms with Crippen molar-refractivity contribution in [3.05, 3.63) is 58.1 Å². The van der Waals surface area contributed by atoms with Crippen molar-refractivity contribution < 1.29 is 24.1 Å². The number of amides is 2. The van der Waals surface area contributed by atoms with Crippen LogP contribution in [-0.2, 0) is 9.59 Å². The highest BCUT2D eigenvalue weighted by Crippen LogP contribution is 2.27. The first kappa shape index (κ1) is 20.8. The van der Waals surface area contributed by atoms with E-state index in [9.17, 15) is 19.7 Å². The molecule has 0 aromatic heterocycles. The summed E-state index contributed by atoms with van der Waals surface area (Å²) in [5.41, 5.74) is 1.23. The molecule has 0 heterocycles. The van der Waals surface area contributed by atoms with E-state index in [1.165, 1.54) is 6.07 Å². The number of benzene rings is 2. The molecule has 1 atom stereocenters. The number of methoxy groups -OCH3 is 1. The molecule has 2 aromatic rings. The van der Waals surface area contributed by atoms with E-state index in [2.05, 4.69) is 10.6 Å². The molecule has 148 valence electrons. The Bertz CT molecular complexity index is 867. The lowest BCUT2D eigenvalue weighted by atomic mass is 10.1. The standard InChI is InChI=1S/C19H22N4O5/c1-13-5-4-6-16(23(26)27)19(13)21-18(25)12-22(2)11-17(24)20-14-7-9-15(28-3)10-8-14/h4-10H,11-12H2,1-3H3,(H,20,24)(H,21,25)/p+1. The molecule has 2 aromatic carbocycles. The van der Waals surface area contributed by atoms with Crippen molar-refractivity contribution in [1.82, 2.24) is 0 Å². The van der Waals surface area contributed by atoms with Crippen molar-refractivity contribution in [1.29, 1.82) is 0 Å². The van der Waals surface area contributed by atoms with Crippen molar-refractivity contribution in [2.75, 3.05) is 37.9 Å². The molecule has 0 saturated carbocycles. The number of hydrogen-bond donors (Lipinski definition) is 3. The average molecular weight is 387 g/mol. The van der Waals surface area contributed by atoms with Gasteiger partial charge in [-0.05, 0) is 36.8 Å². The summed E-state index contributed by atoms with van der Waals surface area (Å²) in [4.78, 5) is 35.6. The maximum atomic E-state index is 12.3. The highest BCUT2D eigenvalue weighted by Gasteiger charge is 2.20. The Morgan fingerprint density at radius 2 is 1.68 bits per heavy atom. The summed E-state index contributed by atoms with van der Waals surface area (Å²) in [5, 5.41) is 16.4. The highest BCUT2D eigenvalue weighted by atomic mass is 16.6. The van der Waals surface area contributed by atoms with E-state index in [1.54, 1.807) is 57.5 Å². The van der Waals surface area contributed by atoms with Crippen molar-refractivity contribution in [2.45, 2.75) is 6.92 Å². The second-order valence-electron chi connectivity index (χ2n) is 6.36. The number of hydrogen-bond acceptors (Lipinski definition) is 5. The van der Waals surface area contributed by atoms with Gasteiger partial charge in [-0.1, -0.05) is 12.1 Å². The summed E-state index contributed by atoms with van der Waals surface area (Å²) in [5.74, 6) is 0.0206. The van der Waals surface area contributed by atoms with E-state index in [0.717, 1.165) is 0 Å². The Morgan fingerprint density at radius 1 is 1.07 bits per heavy atom. The number of nitro benzene ring substituents is 1. The molecule has 0 radical (unpaired) electrons. The van der Waals surface area contributed by atoms with E-state index in [1.807, 2.05) is 0 Å². The summed E-state index contributed by atoms with van der Waals surface area (Å²) in [6.07, 6.45) is 0. The number of carbonyl (C=O) groups excluding carboxylic acids is 2. The predicted molar refractivity (Wildman–Crippen MR) is 105 cm³/mol. The number of aryl methyl sites for hydroxylation is 1. The molecule has 0 aliphatic rings. The van der Waals surface area contributed by atoms with Gasteiger partial charge < -0.3 is 20.3 Å². The fourth-order valence-electron chi connectivity index (χ4n) is 2.64. The monoisotopic (exact) mass is 387 g/mol. The molecule has 0 aliphatic carbocycles. The molecule has 28 heavy (non-hydrogen) atoms. The number of nitro groups is 1. The molecule has 0 bridgehead atoms. The SMILES string of the molecule is COc1ccc(NC(=O)C[NH+](C)CC(=O)Nc2c(C)cccc2[N+](=O)[O-])cc1. The fourth-order valence-corrected chi connectivity index (χ4v) is 2.64. The third-order valence-corrected chi connectivity index (χ3v) is 4.01. The third-order valence-electron chi connectivity index (χ3n) is 4.01. The van der Waals surface area contributed by atoms with Crippen LogP contribution in [0.25, 0.3) is 0 Å². The number of quaternary nitrogens is 1. The first-order valence-corrected chi connectivity index (χ1v) is 8.59. The fraction of sp³-hybridized carbons (Fsp3) is 0.263. The summed E-state index contributed by atoms with van der Waals surface area (Å²) in [6, 6.07) is 11.5. The number of para-hydroxylation sites is 1. The highest BCUT2D eigenvalue weighted by molar-refractivity contribution is 5.95. The normalized spacial score (nSPS) is 11.4. The molecule has 2 amide bonds. The Kier molecular flexibility index (Phi) is 7.05. The van der Waals surface area contributed by atoms with Gasteiger partial charge in [-0.15, -0.1) is 0 Å². The minimum absolute atomic E-state index is 0.0124. The maximum Gasteiger partial charge on any atom is 0.293 e. The number of rotatable bonds is 8. The van der Waals surface area contributed by atoms with Crippen LogP contribution in [0, 0.1) is 17.0 Å². The van der Waals surface area contributed by atoms with Gasteiger partial charge in [-0.25, -0.2) is 0 Å². The zero-order chi connectivity index (χ0) is 20.7. The first-order chi connectivity index (χ1) is 13.3. The molecule has 1 unspecified atom stereocenters. The van der Waals surface area contributed by atoms with Crippen LogP contribution >= 0.6 is 0 Å². The van der Waals surface area contributed by atoms with Gasteiger partial charge in [0.15, 0.2) is 13.1 Å². The van der Waals surface area contributed by atoms with Gasteiger partial charge in [0, 0.05) is 11.8 Å². The quantitative estimate of drug-likeness (QED) is 0.462. The van der Waals surface area contributed by atoms with Crippen LogP contribution in [-0.4, -0.2) is 44.0 Å². The van der Waals surface area contributed by atoms with Crippen LogP contribution < -0.4 is 20.3 Å². The van der Waals surface area contributed by atoms with Crippen molar-refractivity contribution in [3.63, 3.8) is 0 Å². The minimum atomic E-state index is -0.540. The lowest BCUT2D eigenvalue weighted by molar-refractivity contribution is -0.862. The summed E-state index contributed by atoms with van der Waals surface area (Å²) < 4.78 is 5.06. The van der Waals surface area contributed by atoms with Crippen LogP contribution in [0.4, 0.5) is 17.1 Å². The van der Waals surface area contributed by atoms with E-state index in [0.29, 0.717) is 21.9 Å². The predicted octanol–water partition coefficient (Wildman–Crippen LogP) is 1.00. The molecule has 0 fully saturated rings. The summed E-state index contributed by atoms with van der Waals surface area (Å²) in [7, 11) is 3.25. The Labute approximate surface area is 162 Å². The second kappa shape index (κ2) is 9.47. The molecular formula is C19H23N4O5+. The largest absolute Gasteiger partial charge is 0.497 e. The zero-order valence-corrected chi connectivity index (χ0v) is 15.9. The second-order valence-corrected chi connectivity index (χ2v) is 6.36. The number of nitrogens with zero attached hydrogens (tertiary/aromatic N) is 1. The average Bonchev–Trinajstić information content (AvgIpc) is 2.63. The van der Waals surface area contributed by atoms with Gasteiger partial charge in [0.25, 0.3) is 17.5 Å². The first-order valence-electron chi connectivity index (χ1n) is 8.59. The molecule has 9 nitrogen and oxygen atoms in total. The molecular weight excluding hydrogens is 364 g/mol. The third kappa shape index (κ3) is 5.78. The number of anilines is 2. The smallest absolute Gasteiger partial charge is 0.293 e. The molecule has 0 spiro atoms. The van der Waals surface area contributed by atoms with Crippen LogP contribution in [0.3, 0.4) is 0 Å². The molecule has 9 heteroatoms. The number of nitrogens with one attached hydrogen (secondary N) is 3. The van der Waals surface area contributed by atoms with Crippen molar-refractivity contribution >= 4 is 28.9 Å². The van der Waals surface area contributed by atoms with Crippen LogP contribution in [0.15, 0.2) is 42.5 Å². The molecule has 2 rings (SSSR count). The van der Waals surface area contributed by atoms with Crippen molar-refractivity contribution in [2.24, 2.45) is 0 Å². The molecule has 0 saturated heterocycles. The van der Waals surface area contributed by atoms with Gasteiger partial charge in [-0.2, -0.15) is 0 Å². The van der Waals surface area contributed by atoms with E-state index < -0.39 is 10.8 Å². The van der Waals surface area contributed by atoms with Gasteiger partial charge in [0.1, 0.15) is 11.4 Å². The number of carbonyl (C=O) groups is 2. The topological polar surface area (TPSA) is 115 Å². The van der Waals surface area contributed by atoms with E-state index >= 15 is 0 Å². The van der Waals surface area contributed by atoms with E-state index in [-0.39, 0.29) is 30.4 Å². The molecule has 0 aliphatic heterocycles.